The number of ether oxygens (including phenoxy) is 5. The summed E-state index contributed by atoms with van der Waals surface area (Å²) in [6.07, 6.45) is 1.64. The van der Waals surface area contributed by atoms with Crippen LogP contribution in [0.1, 0.15) is 36.5 Å². The highest BCUT2D eigenvalue weighted by Crippen LogP contribution is 2.29. The van der Waals surface area contributed by atoms with Crippen molar-refractivity contribution in [3.8, 4) is 0 Å². The SMILES string of the molecule is CCCC=CO[C@H]1O[C@H](COCc2ccccc2)[C@@H](OCc2ccccc2)[C@H](OCc2ccccc2)[C@@H]1O. The second-order valence-electron chi connectivity index (χ2n) is 9.35. The molecule has 0 radical (unpaired) electrons. The van der Waals surface area contributed by atoms with Gasteiger partial charge in [0, 0.05) is 0 Å². The minimum atomic E-state index is -1.06. The lowest BCUT2D eigenvalue weighted by atomic mass is 9.98. The average Bonchev–Trinajstić information content (AvgIpc) is 2.96. The monoisotopic (exact) mass is 518 g/mol. The van der Waals surface area contributed by atoms with E-state index in [1.54, 1.807) is 6.26 Å². The van der Waals surface area contributed by atoms with Crippen molar-refractivity contribution in [1.29, 1.82) is 0 Å². The Morgan fingerprint density at radius 2 is 1.26 bits per heavy atom. The summed E-state index contributed by atoms with van der Waals surface area (Å²) < 4.78 is 30.9. The molecular formula is C32H38O6. The fourth-order valence-corrected chi connectivity index (χ4v) is 4.30. The number of aliphatic hydroxyl groups is 1. The lowest BCUT2D eigenvalue weighted by Gasteiger charge is -2.43. The number of allylic oxidation sites excluding steroid dienone is 1. The van der Waals surface area contributed by atoms with Crippen LogP contribution >= 0.6 is 0 Å². The lowest BCUT2D eigenvalue weighted by Crippen LogP contribution is -2.60. The normalized spacial score (nSPS) is 23.5. The molecule has 4 rings (SSSR count). The van der Waals surface area contributed by atoms with Gasteiger partial charge in [0.2, 0.25) is 6.29 Å². The third kappa shape index (κ3) is 8.51. The highest BCUT2D eigenvalue weighted by atomic mass is 16.7. The molecule has 1 N–H and O–H groups in total. The van der Waals surface area contributed by atoms with Crippen molar-refractivity contribution in [1.82, 2.24) is 0 Å². The predicted octanol–water partition coefficient (Wildman–Crippen LogP) is 5.79. The first-order chi connectivity index (χ1) is 18.7. The molecule has 5 atom stereocenters. The summed E-state index contributed by atoms with van der Waals surface area (Å²) in [4.78, 5) is 0. The Kier molecular flexibility index (Phi) is 11.4. The van der Waals surface area contributed by atoms with Crippen molar-refractivity contribution in [2.24, 2.45) is 0 Å². The number of hydrogen-bond acceptors (Lipinski definition) is 6. The maximum absolute atomic E-state index is 11.3. The van der Waals surface area contributed by atoms with E-state index in [1.807, 2.05) is 97.1 Å². The van der Waals surface area contributed by atoms with Gasteiger partial charge in [0.25, 0.3) is 0 Å². The molecule has 0 spiro atoms. The van der Waals surface area contributed by atoms with E-state index in [1.165, 1.54) is 0 Å². The molecule has 6 heteroatoms. The van der Waals surface area contributed by atoms with Gasteiger partial charge in [0.1, 0.15) is 24.4 Å². The quantitative estimate of drug-likeness (QED) is 0.273. The molecule has 202 valence electrons. The van der Waals surface area contributed by atoms with Gasteiger partial charge in [-0.05, 0) is 29.2 Å². The maximum atomic E-state index is 11.3. The van der Waals surface area contributed by atoms with Crippen molar-refractivity contribution in [2.45, 2.75) is 70.3 Å². The molecule has 0 aromatic heterocycles. The van der Waals surface area contributed by atoms with Gasteiger partial charge in [-0.25, -0.2) is 0 Å². The third-order valence-corrected chi connectivity index (χ3v) is 6.34. The topological polar surface area (TPSA) is 66.4 Å². The first-order valence-corrected chi connectivity index (χ1v) is 13.3. The van der Waals surface area contributed by atoms with Crippen molar-refractivity contribution < 1.29 is 28.8 Å². The van der Waals surface area contributed by atoms with Crippen LogP contribution < -0.4 is 0 Å². The predicted molar refractivity (Wildman–Crippen MR) is 146 cm³/mol. The molecular weight excluding hydrogens is 480 g/mol. The molecule has 1 aliphatic heterocycles. The largest absolute Gasteiger partial charge is 0.470 e. The zero-order valence-corrected chi connectivity index (χ0v) is 21.9. The van der Waals surface area contributed by atoms with Crippen molar-refractivity contribution in [3.63, 3.8) is 0 Å². The Balaban J connectivity index is 1.52. The minimum Gasteiger partial charge on any atom is -0.470 e. The highest BCUT2D eigenvalue weighted by molar-refractivity contribution is 5.15. The number of aliphatic hydroxyl groups excluding tert-OH is 1. The molecule has 1 aliphatic rings. The standard InChI is InChI=1S/C32H38O6/c1-2-3-13-20-35-32-29(33)31(37-23-27-18-11-6-12-19-27)30(36-22-26-16-9-5-10-17-26)28(38-32)24-34-21-25-14-7-4-8-15-25/h4-20,28-33H,2-3,21-24H2,1H3/t28-,29+,30-,31-,32+/m1/s1. The Hall–Kier alpha value is -3.00. The molecule has 3 aromatic rings. The van der Waals surface area contributed by atoms with Crippen LogP contribution in [0.25, 0.3) is 0 Å². The summed E-state index contributed by atoms with van der Waals surface area (Å²) in [6.45, 7) is 3.46. The molecule has 1 heterocycles. The molecule has 0 bridgehead atoms. The summed E-state index contributed by atoms with van der Waals surface area (Å²) in [6, 6.07) is 29.8. The number of benzene rings is 3. The van der Waals surface area contributed by atoms with Gasteiger partial charge in [-0.15, -0.1) is 0 Å². The molecule has 1 saturated heterocycles. The van der Waals surface area contributed by atoms with Crippen molar-refractivity contribution in [2.75, 3.05) is 6.61 Å². The summed E-state index contributed by atoms with van der Waals surface area (Å²) in [7, 11) is 0. The zero-order valence-electron chi connectivity index (χ0n) is 21.9. The van der Waals surface area contributed by atoms with E-state index >= 15 is 0 Å². The molecule has 38 heavy (non-hydrogen) atoms. The van der Waals surface area contributed by atoms with E-state index in [4.69, 9.17) is 23.7 Å². The van der Waals surface area contributed by atoms with E-state index in [0.717, 1.165) is 29.5 Å². The van der Waals surface area contributed by atoms with Crippen LogP contribution in [0.5, 0.6) is 0 Å². The number of unbranched alkanes of at least 4 members (excludes halogenated alkanes) is 1. The Morgan fingerprint density at radius 3 is 1.82 bits per heavy atom. The smallest absolute Gasteiger partial charge is 0.228 e. The fourth-order valence-electron chi connectivity index (χ4n) is 4.30. The summed E-state index contributed by atoms with van der Waals surface area (Å²) in [5.74, 6) is 0. The third-order valence-electron chi connectivity index (χ3n) is 6.34. The molecule has 0 saturated carbocycles. The van der Waals surface area contributed by atoms with E-state index in [-0.39, 0.29) is 6.61 Å². The summed E-state index contributed by atoms with van der Waals surface area (Å²) >= 11 is 0. The number of rotatable bonds is 14. The molecule has 3 aromatic carbocycles. The van der Waals surface area contributed by atoms with Gasteiger partial charge in [-0.3, -0.25) is 0 Å². The Morgan fingerprint density at radius 1 is 0.737 bits per heavy atom. The van der Waals surface area contributed by atoms with Gasteiger partial charge in [-0.1, -0.05) is 104 Å². The first kappa shape index (κ1) is 28.0. The van der Waals surface area contributed by atoms with E-state index in [9.17, 15) is 5.11 Å². The van der Waals surface area contributed by atoms with E-state index in [2.05, 4.69) is 6.92 Å². The number of hydrogen-bond donors (Lipinski definition) is 1. The molecule has 6 nitrogen and oxygen atoms in total. The van der Waals surface area contributed by atoms with Crippen LogP contribution in [0, 0.1) is 0 Å². The van der Waals surface area contributed by atoms with Crippen LogP contribution in [-0.4, -0.2) is 42.4 Å². The van der Waals surface area contributed by atoms with Crippen molar-refractivity contribution in [3.05, 3.63) is 120 Å². The fraction of sp³-hybridized carbons (Fsp3) is 0.375. The zero-order chi connectivity index (χ0) is 26.4. The van der Waals surface area contributed by atoms with Gasteiger partial charge in [0.05, 0.1) is 32.7 Å². The molecule has 1 fully saturated rings. The van der Waals surface area contributed by atoms with Crippen LogP contribution in [0.3, 0.4) is 0 Å². The van der Waals surface area contributed by atoms with E-state index in [0.29, 0.717) is 19.8 Å². The second-order valence-corrected chi connectivity index (χ2v) is 9.35. The molecule has 0 unspecified atom stereocenters. The van der Waals surface area contributed by atoms with Crippen molar-refractivity contribution >= 4 is 0 Å². The summed E-state index contributed by atoms with van der Waals surface area (Å²) in [5, 5.41) is 11.3. The van der Waals surface area contributed by atoms with Crippen LogP contribution in [0.4, 0.5) is 0 Å². The average molecular weight is 519 g/mol. The second kappa shape index (κ2) is 15.4. The van der Waals surface area contributed by atoms with Gasteiger partial charge in [-0.2, -0.15) is 0 Å². The lowest BCUT2D eigenvalue weighted by molar-refractivity contribution is -0.308. The minimum absolute atomic E-state index is 0.255. The van der Waals surface area contributed by atoms with E-state index < -0.39 is 30.7 Å². The first-order valence-electron chi connectivity index (χ1n) is 13.3. The van der Waals surface area contributed by atoms with Crippen LogP contribution in [0.15, 0.2) is 103 Å². The van der Waals surface area contributed by atoms with Gasteiger partial charge < -0.3 is 28.8 Å². The molecule has 0 amide bonds. The Labute approximate surface area is 225 Å². The Bertz CT molecular complexity index is 1060. The maximum Gasteiger partial charge on any atom is 0.228 e. The summed E-state index contributed by atoms with van der Waals surface area (Å²) in [5.41, 5.74) is 3.09. The molecule has 0 aliphatic carbocycles. The van der Waals surface area contributed by atoms with Gasteiger partial charge >= 0.3 is 0 Å². The highest BCUT2D eigenvalue weighted by Gasteiger charge is 2.48. The van der Waals surface area contributed by atoms with Crippen LogP contribution in [0.2, 0.25) is 0 Å². The van der Waals surface area contributed by atoms with Crippen LogP contribution in [-0.2, 0) is 43.5 Å². The van der Waals surface area contributed by atoms with Gasteiger partial charge in [0.15, 0.2) is 0 Å².